The van der Waals surface area contributed by atoms with Gasteiger partial charge in [-0.15, -0.1) is 0 Å². The molecule has 0 spiro atoms. The van der Waals surface area contributed by atoms with E-state index in [4.69, 9.17) is 4.42 Å². The summed E-state index contributed by atoms with van der Waals surface area (Å²) in [7, 11) is 0. The van der Waals surface area contributed by atoms with Gasteiger partial charge in [-0.05, 0) is 43.5 Å². The lowest BCUT2D eigenvalue weighted by Gasteiger charge is -2.32. The Kier molecular flexibility index (Phi) is 3.94. The first kappa shape index (κ1) is 15.1. The minimum atomic E-state index is -0.275. The van der Waals surface area contributed by atoms with Crippen LogP contribution in [0.4, 0.5) is 0 Å². The Hall–Kier alpha value is -2.40. The summed E-state index contributed by atoms with van der Waals surface area (Å²) in [4.78, 5) is 22.0. The summed E-state index contributed by atoms with van der Waals surface area (Å²) in [5, 5.41) is 1.03. The van der Waals surface area contributed by atoms with Gasteiger partial charge in [0.15, 0.2) is 0 Å². The topological polar surface area (TPSA) is 62.1 Å². The van der Waals surface area contributed by atoms with Crippen molar-refractivity contribution in [3.8, 4) is 0 Å². The summed E-state index contributed by atoms with van der Waals surface area (Å²) in [5.41, 5.74) is 2.54. The summed E-state index contributed by atoms with van der Waals surface area (Å²) in [6.07, 6.45) is 5.99. The van der Waals surface area contributed by atoms with Crippen molar-refractivity contribution >= 4 is 11.0 Å². The van der Waals surface area contributed by atoms with Gasteiger partial charge < -0.3 is 9.40 Å². The molecule has 1 aliphatic heterocycles. The predicted molar refractivity (Wildman–Crippen MR) is 93.1 cm³/mol. The molecule has 1 atom stereocenters. The number of nitrogens with zero attached hydrogens (tertiary/aromatic N) is 2. The van der Waals surface area contributed by atoms with E-state index in [9.17, 15) is 4.79 Å². The first-order valence-corrected chi connectivity index (χ1v) is 8.44. The number of nitrogens with one attached hydrogen (secondary N) is 1. The number of rotatable bonds is 3. The quantitative estimate of drug-likeness (QED) is 0.752. The van der Waals surface area contributed by atoms with Gasteiger partial charge >= 0.3 is 5.63 Å². The molecule has 24 heavy (non-hydrogen) atoms. The highest BCUT2D eigenvalue weighted by Crippen LogP contribution is 2.27. The van der Waals surface area contributed by atoms with Crippen LogP contribution in [0.25, 0.3) is 11.0 Å². The molecule has 0 unspecified atom stereocenters. The fraction of sp³-hybridized carbons (Fsp3) is 0.368. The lowest BCUT2D eigenvalue weighted by molar-refractivity contribution is 0.197. The zero-order valence-corrected chi connectivity index (χ0v) is 13.8. The van der Waals surface area contributed by atoms with Gasteiger partial charge in [0.1, 0.15) is 11.4 Å². The van der Waals surface area contributed by atoms with Crippen LogP contribution in [-0.2, 0) is 6.54 Å². The van der Waals surface area contributed by atoms with Crippen LogP contribution in [0, 0.1) is 6.92 Å². The largest absolute Gasteiger partial charge is 0.423 e. The molecule has 0 radical (unpaired) electrons. The first-order valence-electron chi connectivity index (χ1n) is 8.44. The Labute approximate surface area is 140 Å². The molecule has 1 aliphatic rings. The van der Waals surface area contributed by atoms with Crippen molar-refractivity contribution in [1.82, 2.24) is 14.9 Å². The summed E-state index contributed by atoms with van der Waals surface area (Å²) < 4.78 is 5.36. The molecule has 1 saturated heterocycles. The maximum atomic E-state index is 11.9. The van der Waals surface area contributed by atoms with Crippen molar-refractivity contribution in [2.45, 2.75) is 32.2 Å². The molecule has 1 aromatic carbocycles. The van der Waals surface area contributed by atoms with E-state index in [1.807, 2.05) is 25.4 Å². The number of aromatic amines is 1. The molecule has 1 fully saturated rings. The van der Waals surface area contributed by atoms with E-state index in [-0.39, 0.29) is 5.63 Å². The second-order valence-electron chi connectivity index (χ2n) is 6.64. The second-order valence-corrected chi connectivity index (χ2v) is 6.64. The third-order valence-electron chi connectivity index (χ3n) is 4.79. The highest BCUT2D eigenvalue weighted by atomic mass is 16.4. The number of likely N-dealkylation sites (tertiary alicyclic amines) is 1. The molecule has 2 aromatic heterocycles. The third kappa shape index (κ3) is 2.99. The van der Waals surface area contributed by atoms with E-state index in [2.05, 4.69) is 27.0 Å². The standard InChI is InChI=1S/C19H21N3O2/c1-13-4-5-16-15(10-18(23)24-17(16)9-13)12-22-8-2-3-14(11-22)19-20-6-7-21-19/h4-7,9-10,14H,2-3,8,11-12H2,1H3,(H,20,21)/t14-/m0/s1. The van der Waals surface area contributed by atoms with E-state index >= 15 is 0 Å². The molecule has 4 rings (SSSR count). The predicted octanol–water partition coefficient (Wildman–Crippen LogP) is 3.20. The van der Waals surface area contributed by atoms with E-state index < -0.39 is 0 Å². The van der Waals surface area contributed by atoms with Crippen molar-refractivity contribution in [3.63, 3.8) is 0 Å². The van der Waals surface area contributed by atoms with Crippen molar-refractivity contribution < 1.29 is 4.42 Å². The monoisotopic (exact) mass is 323 g/mol. The highest BCUT2D eigenvalue weighted by Gasteiger charge is 2.23. The average molecular weight is 323 g/mol. The van der Waals surface area contributed by atoms with Crippen LogP contribution in [-0.4, -0.2) is 28.0 Å². The normalized spacial score (nSPS) is 19.0. The number of hydrogen-bond donors (Lipinski definition) is 1. The molecule has 124 valence electrons. The highest BCUT2D eigenvalue weighted by molar-refractivity contribution is 5.80. The number of benzene rings is 1. The molecular weight excluding hydrogens is 302 g/mol. The zero-order chi connectivity index (χ0) is 16.5. The van der Waals surface area contributed by atoms with E-state index in [1.165, 1.54) is 0 Å². The molecule has 0 amide bonds. The molecule has 5 nitrogen and oxygen atoms in total. The second kappa shape index (κ2) is 6.24. The van der Waals surface area contributed by atoms with Gasteiger partial charge in [0.2, 0.25) is 0 Å². The Balaban J connectivity index is 1.61. The van der Waals surface area contributed by atoms with E-state index in [0.29, 0.717) is 11.5 Å². The number of imidazole rings is 1. The Bertz CT molecular complexity index is 899. The summed E-state index contributed by atoms with van der Waals surface area (Å²) in [6, 6.07) is 7.68. The van der Waals surface area contributed by atoms with E-state index in [0.717, 1.165) is 54.8 Å². The van der Waals surface area contributed by atoms with Crippen LogP contribution >= 0.6 is 0 Å². The zero-order valence-electron chi connectivity index (χ0n) is 13.8. The fourth-order valence-corrected chi connectivity index (χ4v) is 3.63. The van der Waals surface area contributed by atoms with Gasteiger partial charge in [0, 0.05) is 42.9 Å². The number of hydrogen-bond acceptors (Lipinski definition) is 4. The number of aryl methyl sites for hydroxylation is 1. The van der Waals surface area contributed by atoms with Gasteiger partial charge in [-0.25, -0.2) is 9.78 Å². The maximum Gasteiger partial charge on any atom is 0.336 e. The number of H-pyrrole nitrogens is 1. The lowest BCUT2D eigenvalue weighted by atomic mass is 9.96. The van der Waals surface area contributed by atoms with Gasteiger partial charge in [-0.3, -0.25) is 4.90 Å². The first-order chi connectivity index (χ1) is 11.7. The van der Waals surface area contributed by atoms with Gasteiger partial charge in [-0.2, -0.15) is 0 Å². The van der Waals surface area contributed by atoms with Crippen molar-refractivity contribution in [3.05, 3.63) is 64.0 Å². The van der Waals surface area contributed by atoms with Crippen molar-refractivity contribution in [1.29, 1.82) is 0 Å². The number of piperidine rings is 1. The SMILES string of the molecule is Cc1ccc2c(CN3CCC[C@H](c4ncc[nH]4)C3)cc(=O)oc2c1. The van der Waals surface area contributed by atoms with Crippen LogP contribution in [0.15, 0.2) is 45.9 Å². The van der Waals surface area contributed by atoms with E-state index in [1.54, 1.807) is 6.07 Å². The minimum absolute atomic E-state index is 0.275. The smallest absolute Gasteiger partial charge is 0.336 e. The minimum Gasteiger partial charge on any atom is -0.423 e. The summed E-state index contributed by atoms with van der Waals surface area (Å²) >= 11 is 0. The van der Waals surface area contributed by atoms with Gasteiger partial charge in [0.25, 0.3) is 0 Å². The number of fused-ring (bicyclic) bond motifs is 1. The third-order valence-corrected chi connectivity index (χ3v) is 4.79. The van der Waals surface area contributed by atoms with Crippen molar-refractivity contribution in [2.75, 3.05) is 13.1 Å². The molecular formula is C19H21N3O2. The Morgan fingerprint density at radius 3 is 3.12 bits per heavy atom. The fourth-order valence-electron chi connectivity index (χ4n) is 3.63. The molecule has 0 aliphatic carbocycles. The summed E-state index contributed by atoms with van der Waals surface area (Å²) in [5.74, 6) is 1.50. The maximum absolute atomic E-state index is 11.9. The average Bonchev–Trinajstić information content (AvgIpc) is 3.09. The molecule has 0 saturated carbocycles. The Morgan fingerprint density at radius 1 is 1.38 bits per heavy atom. The molecule has 5 heteroatoms. The molecule has 3 aromatic rings. The summed E-state index contributed by atoms with van der Waals surface area (Å²) in [6.45, 7) is 4.78. The van der Waals surface area contributed by atoms with Crippen molar-refractivity contribution in [2.24, 2.45) is 0 Å². The van der Waals surface area contributed by atoms with Crippen LogP contribution in [0.3, 0.4) is 0 Å². The molecule has 0 bridgehead atoms. The molecule has 1 N–H and O–H groups in total. The van der Waals surface area contributed by atoms with Gasteiger partial charge in [0.05, 0.1) is 0 Å². The van der Waals surface area contributed by atoms with Crippen LogP contribution in [0.2, 0.25) is 0 Å². The van der Waals surface area contributed by atoms with Crippen LogP contribution in [0.1, 0.15) is 35.7 Å². The lowest BCUT2D eigenvalue weighted by Crippen LogP contribution is -2.34. The van der Waals surface area contributed by atoms with Gasteiger partial charge in [-0.1, -0.05) is 12.1 Å². The van der Waals surface area contributed by atoms with Crippen LogP contribution in [0.5, 0.6) is 0 Å². The molecule has 3 heterocycles. The Morgan fingerprint density at radius 2 is 2.29 bits per heavy atom. The number of aromatic nitrogens is 2. The van der Waals surface area contributed by atoms with Crippen LogP contribution < -0.4 is 5.63 Å².